The zero-order chi connectivity index (χ0) is 41.6. The molecule has 14 nitrogen and oxygen atoms in total. The summed E-state index contributed by atoms with van der Waals surface area (Å²) in [7, 11) is 0. The molecule has 2 unspecified atom stereocenters. The normalized spacial score (nSPS) is 47.9. The average Bonchev–Trinajstić information content (AvgIpc) is 3.52. The first-order chi connectivity index (χ1) is 27.3. The summed E-state index contributed by atoms with van der Waals surface area (Å²) in [4.78, 5) is 51.7. The van der Waals surface area contributed by atoms with Crippen LogP contribution < -0.4 is 5.32 Å². The molecule has 1 N–H and O–H groups in total. The number of carbonyl (C=O) groups excluding carboxylic acids is 2. The zero-order valence-electron chi connectivity index (χ0n) is 36.7. The fourth-order valence-corrected chi connectivity index (χ4v) is 12.3. The van der Waals surface area contributed by atoms with E-state index >= 15 is 0 Å². The Morgan fingerprint density at radius 2 is 1.29 bits per heavy atom. The molecule has 0 aromatic heterocycles. The van der Waals surface area contributed by atoms with Crippen LogP contribution in [0.5, 0.6) is 0 Å². The molecular weight excluding hydrogens is 750 g/mol. The van der Waals surface area contributed by atoms with Crippen molar-refractivity contribution in [2.75, 3.05) is 6.61 Å². The van der Waals surface area contributed by atoms with E-state index in [4.69, 9.17) is 52.7 Å². The van der Waals surface area contributed by atoms with Gasteiger partial charge in [0.05, 0.1) is 12.7 Å². The number of rotatable bonds is 10. The molecule has 10 aliphatic rings. The van der Waals surface area contributed by atoms with Crippen molar-refractivity contribution in [3.63, 3.8) is 0 Å². The van der Waals surface area contributed by atoms with Crippen LogP contribution in [-0.2, 0) is 57.5 Å². The SMILES string of the molecule is CC(C)[C@H](NC(=O)OC(C)(C)C)C(=O)OC(CC[C@H]1O[C@@H]2O[C@@]3(C)CC[C@H]4[C@H](C)CC[C@@H]([C@H]1C)[C@@]24OO3)CO[C@H]1OC2O[C@@]3(C)CC[C@H]4[C@H](C)CC[C@@H]([C@H]1C)[C@@]24OO3. The van der Waals surface area contributed by atoms with Crippen LogP contribution in [0, 0.1) is 53.3 Å². The second-order valence-corrected chi connectivity index (χ2v) is 21.1. The minimum absolute atomic E-state index is 0.0552. The van der Waals surface area contributed by atoms with Gasteiger partial charge in [0.1, 0.15) is 17.7 Å². The third kappa shape index (κ3) is 7.54. The molecule has 0 radical (unpaired) electrons. The van der Waals surface area contributed by atoms with Gasteiger partial charge in [-0.15, -0.1) is 0 Å². The standard InChI is InChI=1S/C44H71NO13/c1-23(2)34(45-39(47)54-40(7,8)9)35(46)49-28(14-17-33-26(5)31-15-12-24(3)29-18-20-41(10)52-37(50-33)43(29,31)57-55-41)22-48-36-27(6)32-16-13-25(4)30-19-21-42(11)53-38(51-36)44(30,32)58-56-42/h23-34,36-38H,12-22H2,1-11H3,(H,45,47)/t24-,25-,26-,27-,28?,29+,30+,31+,32+,33-,34+,36+,37-,38?,41-,42-,43-,44-/m1/s1. The minimum atomic E-state index is -0.935. The molecule has 10 rings (SSSR count). The van der Waals surface area contributed by atoms with Gasteiger partial charge in [0.2, 0.25) is 11.6 Å². The number of fused-ring (bicyclic) bond motifs is 4. The molecule has 8 heterocycles. The topological polar surface area (TPSA) is 148 Å². The molecule has 2 aliphatic carbocycles. The zero-order valence-corrected chi connectivity index (χ0v) is 36.7. The second-order valence-electron chi connectivity index (χ2n) is 21.1. The maximum absolute atomic E-state index is 14.1. The third-order valence-electron chi connectivity index (χ3n) is 15.5. The predicted octanol–water partition coefficient (Wildman–Crippen LogP) is 7.70. The van der Waals surface area contributed by atoms with E-state index in [1.165, 1.54) is 0 Å². The number of hydrogen-bond donors (Lipinski definition) is 1. The Kier molecular flexibility index (Phi) is 11.6. The smallest absolute Gasteiger partial charge is 0.408 e. The van der Waals surface area contributed by atoms with Crippen LogP contribution in [-0.4, -0.2) is 84.2 Å². The average molecular weight is 822 g/mol. The molecular formula is C44H71NO13. The Balaban J connectivity index is 1.01. The van der Waals surface area contributed by atoms with Crippen molar-refractivity contribution < 1.29 is 62.3 Å². The highest BCUT2D eigenvalue weighted by atomic mass is 17.3. The number of amides is 1. The first-order valence-electron chi connectivity index (χ1n) is 22.5. The van der Waals surface area contributed by atoms with Gasteiger partial charge in [-0.25, -0.2) is 29.1 Å². The Bertz CT molecular complexity index is 1440. The lowest BCUT2D eigenvalue weighted by atomic mass is 9.57. The highest BCUT2D eigenvalue weighted by molar-refractivity contribution is 5.81. The van der Waals surface area contributed by atoms with Crippen molar-refractivity contribution in [1.29, 1.82) is 0 Å². The fraction of sp³-hybridized carbons (Fsp3) is 0.955. The lowest BCUT2D eigenvalue weighted by Gasteiger charge is -2.60. The summed E-state index contributed by atoms with van der Waals surface area (Å²) in [5.41, 5.74) is -2.11. The van der Waals surface area contributed by atoms with Crippen molar-refractivity contribution in [1.82, 2.24) is 5.32 Å². The molecule has 0 aromatic carbocycles. The summed E-state index contributed by atoms with van der Waals surface area (Å²) in [5, 5.41) is 2.76. The van der Waals surface area contributed by atoms with Gasteiger partial charge >= 0.3 is 12.1 Å². The first kappa shape index (κ1) is 43.0. The lowest BCUT2D eigenvalue weighted by molar-refractivity contribution is -0.577. The van der Waals surface area contributed by atoms with E-state index in [0.29, 0.717) is 24.7 Å². The van der Waals surface area contributed by atoms with Gasteiger partial charge in [-0.3, -0.25) is 0 Å². The number of esters is 1. The van der Waals surface area contributed by atoms with E-state index in [1.54, 1.807) is 20.8 Å². The van der Waals surface area contributed by atoms with E-state index in [0.717, 1.165) is 51.4 Å². The number of alkyl carbamates (subject to hydrolysis) is 1. The van der Waals surface area contributed by atoms with Gasteiger partial charge in [-0.2, -0.15) is 0 Å². The van der Waals surface area contributed by atoms with Gasteiger partial charge < -0.3 is 38.5 Å². The third-order valence-corrected chi connectivity index (χ3v) is 15.5. The molecule has 58 heavy (non-hydrogen) atoms. The summed E-state index contributed by atoms with van der Waals surface area (Å²) in [6.07, 6.45) is 5.08. The molecule has 8 aliphatic heterocycles. The first-order valence-corrected chi connectivity index (χ1v) is 22.5. The van der Waals surface area contributed by atoms with Crippen molar-refractivity contribution >= 4 is 12.1 Å². The Hall–Kier alpha value is -1.62. The Morgan fingerprint density at radius 1 is 0.741 bits per heavy atom. The summed E-state index contributed by atoms with van der Waals surface area (Å²) < 4.78 is 45.4. The Labute approximate surface area is 344 Å². The highest BCUT2D eigenvalue weighted by Crippen LogP contribution is 2.62. The van der Waals surface area contributed by atoms with Crippen LogP contribution in [0.3, 0.4) is 0 Å². The maximum Gasteiger partial charge on any atom is 0.408 e. The monoisotopic (exact) mass is 821 g/mol. The molecule has 0 aromatic rings. The number of ether oxygens (including phenoxy) is 7. The van der Waals surface area contributed by atoms with Gasteiger partial charge in [0.15, 0.2) is 30.1 Å². The van der Waals surface area contributed by atoms with Gasteiger partial charge in [-0.1, -0.05) is 41.5 Å². The molecule has 10 fully saturated rings. The molecule has 2 saturated carbocycles. The van der Waals surface area contributed by atoms with E-state index in [1.807, 2.05) is 27.7 Å². The van der Waals surface area contributed by atoms with Crippen molar-refractivity contribution in [3.8, 4) is 0 Å². The number of hydrogen-bond acceptors (Lipinski definition) is 13. The minimum Gasteiger partial charge on any atom is -0.458 e. The van der Waals surface area contributed by atoms with Crippen LogP contribution >= 0.6 is 0 Å². The Morgan fingerprint density at radius 3 is 1.84 bits per heavy atom. The summed E-state index contributed by atoms with van der Waals surface area (Å²) in [6, 6.07) is -0.935. The summed E-state index contributed by atoms with van der Waals surface area (Å²) in [5.74, 6) is -0.872. The predicted molar refractivity (Wildman–Crippen MR) is 207 cm³/mol. The van der Waals surface area contributed by atoms with Gasteiger partial charge in [0.25, 0.3) is 0 Å². The maximum atomic E-state index is 14.1. The number of carbonyl (C=O) groups is 2. The van der Waals surface area contributed by atoms with Crippen LogP contribution in [0.25, 0.3) is 0 Å². The summed E-state index contributed by atoms with van der Waals surface area (Å²) >= 11 is 0. The molecule has 18 atom stereocenters. The second kappa shape index (κ2) is 15.6. The molecule has 8 saturated heterocycles. The highest BCUT2D eigenvalue weighted by Gasteiger charge is 2.71. The fourth-order valence-electron chi connectivity index (χ4n) is 12.3. The molecule has 2 spiro atoms. The summed E-state index contributed by atoms with van der Waals surface area (Å²) in [6.45, 7) is 22.0. The largest absolute Gasteiger partial charge is 0.458 e. The van der Waals surface area contributed by atoms with E-state index < -0.39 is 71.5 Å². The van der Waals surface area contributed by atoms with Gasteiger partial charge in [-0.05, 0) is 121 Å². The van der Waals surface area contributed by atoms with Crippen LogP contribution in [0.15, 0.2) is 0 Å². The van der Waals surface area contributed by atoms with E-state index in [2.05, 4.69) is 33.0 Å². The lowest BCUT2D eigenvalue weighted by Crippen LogP contribution is -2.70. The van der Waals surface area contributed by atoms with E-state index in [-0.39, 0.29) is 54.1 Å². The molecule has 330 valence electrons. The van der Waals surface area contributed by atoms with Crippen LogP contribution in [0.1, 0.15) is 140 Å². The number of nitrogens with one attached hydrogen (secondary N) is 1. The van der Waals surface area contributed by atoms with Crippen LogP contribution in [0.2, 0.25) is 0 Å². The van der Waals surface area contributed by atoms with E-state index in [9.17, 15) is 9.59 Å². The molecule has 1 amide bonds. The molecule has 14 heteroatoms. The van der Waals surface area contributed by atoms with Gasteiger partial charge in [0, 0.05) is 30.6 Å². The van der Waals surface area contributed by atoms with Crippen molar-refractivity contribution in [2.45, 2.75) is 206 Å². The van der Waals surface area contributed by atoms with Crippen molar-refractivity contribution in [2.24, 2.45) is 53.3 Å². The van der Waals surface area contributed by atoms with Crippen molar-refractivity contribution in [3.05, 3.63) is 0 Å². The quantitative estimate of drug-likeness (QED) is 0.170. The molecule has 4 bridgehead atoms. The van der Waals surface area contributed by atoms with Crippen LogP contribution in [0.4, 0.5) is 4.79 Å².